The van der Waals surface area contributed by atoms with Crippen molar-refractivity contribution in [3.05, 3.63) is 35.4 Å². The van der Waals surface area contributed by atoms with E-state index >= 15 is 0 Å². The Balaban J connectivity index is 1.76. The molecule has 2 aliphatic rings. The molecule has 0 amide bonds. The van der Waals surface area contributed by atoms with Crippen LogP contribution in [0.25, 0.3) is 0 Å². The third-order valence-corrected chi connectivity index (χ3v) is 3.71. The third-order valence-electron chi connectivity index (χ3n) is 3.71. The number of benzene rings is 1. The van der Waals surface area contributed by atoms with Crippen LogP contribution < -0.4 is 5.32 Å². The Morgan fingerprint density at radius 1 is 1.20 bits per heavy atom. The predicted molar refractivity (Wildman–Crippen MR) is 61.8 cm³/mol. The van der Waals surface area contributed by atoms with Gasteiger partial charge in [0.05, 0.1) is 0 Å². The van der Waals surface area contributed by atoms with Gasteiger partial charge in [-0.05, 0) is 30.5 Å². The molecule has 1 saturated heterocycles. The minimum absolute atomic E-state index is 0.776. The summed E-state index contributed by atoms with van der Waals surface area (Å²) in [7, 11) is 0. The summed E-state index contributed by atoms with van der Waals surface area (Å²) in [6.45, 7) is 4.77. The van der Waals surface area contributed by atoms with Gasteiger partial charge in [0.25, 0.3) is 0 Å². The monoisotopic (exact) mass is 202 g/mol. The van der Waals surface area contributed by atoms with Crippen molar-refractivity contribution < 1.29 is 0 Å². The summed E-state index contributed by atoms with van der Waals surface area (Å²) >= 11 is 0. The molecular formula is C13H18N2. The Morgan fingerprint density at radius 3 is 2.87 bits per heavy atom. The first-order chi connectivity index (χ1) is 7.43. The second-order valence-electron chi connectivity index (χ2n) is 4.64. The van der Waals surface area contributed by atoms with Crippen molar-refractivity contribution in [1.82, 2.24) is 10.2 Å². The summed E-state index contributed by atoms with van der Waals surface area (Å²) in [6, 6.07) is 9.66. The molecule has 2 heteroatoms. The zero-order valence-electron chi connectivity index (χ0n) is 9.08. The van der Waals surface area contributed by atoms with Gasteiger partial charge in [-0.15, -0.1) is 0 Å². The number of fused-ring (bicyclic) bond motifs is 1. The van der Waals surface area contributed by atoms with Crippen LogP contribution in [0.3, 0.4) is 0 Å². The van der Waals surface area contributed by atoms with Crippen molar-refractivity contribution in [1.29, 1.82) is 0 Å². The minimum atomic E-state index is 0.776. The smallest absolute Gasteiger partial charge is 0.0240 e. The summed E-state index contributed by atoms with van der Waals surface area (Å²) in [5, 5.41) is 3.45. The van der Waals surface area contributed by atoms with Crippen LogP contribution in [-0.2, 0) is 13.0 Å². The fourth-order valence-corrected chi connectivity index (χ4v) is 2.78. The van der Waals surface area contributed by atoms with E-state index in [9.17, 15) is 0 Å². The lowest BCUT2D eigenvalue weighted by Crippen LogP contribution is -2.40. The largest absolute Gasteiger partial charge is 0.315 e. The Labute approximate surface area is 91.3 Å². The second kappa shape index (κ2) is 3.95. The van der Waals surface area contributed by atoms with Crippen molar-refractivity contribution in [2.24, 2.45) is 0 Å². The highest BCUT2D eigenvalue weighted by Gasteiger charge is 2.25. The molecule has 0 spiro atoms. The molecule has 15 heavy (non-hydrogen) atoms. The van der Waals surface area contributed by atoms with Gasteiger partial charge in [0, 0.05) is 25.7 Å². The van der Waals surface area contributed by atoms with Crippen LogP contribution in [0.15, 0.2) is 24.3 Å². The molecule has 0 aromatic heterocycles. The number of nitrogens with one attached hydrogen (secondary N) is 1. The number of rotatable bonds is 1. The standard InChI is InChI=1S/C13H18N2/c1-2-4-12-10-15(8-6-11(12)3-1)13-5-7-14-9-13/h1-4,13-14H,5-10H2/t13-/m1/s1. The number of hydrogen-bond donors (Lipinski definition) is 1. The van der Waals surface area contributed by atoms with Gasteiger partial charge in [0.1, 0.15) is 0 Å². The molecule has 1 fully saturated rings. The summed E-state index contributed by atoms with van der Waals surface area (Å²) in [4.78, 5) is 2.64. The molecule has 80 valence electrons. The quantitative estimate of drug-likeness (QED) is 0.740. The molecule has 0 aliphatic carbocycles. The van der Waals surface area contributed by atoms with E-state index in [-0.39, 0.29) is 0 Å². The molecule has 1 aromatic rings. The van der Waals surface area contributed by atoms with Gasteiger partial charge in [-0.3, -0.25) is 4.90 Å². The molecular weight excluding hydrogens is 184 g/mol. The van der Waals surface area contributed by atoms with Crippen molar-refractivity contribution in [2.45, 2.75) is 25.4 Å². The molecule has 1 N–H and O–H groups in total. The first kappa shape index (κ1) is 9.37. The second-order valence-corrected chi connectivity index (χ2v) is 4.64. The summed E-state index contributed by atoms with van der Waals surface area (Å²) < 4.78 is 0. The van der Waals surface area contributed by atoms with Gasteiger partial charge in [-0.25, -0.2) is 0 Å². The maximum Gasteiger partial charge on any atom is 0.0240 e. The normalized spacial score (nSPS) is 26.5. The fourth-order valence-electron chi connectivity index (χ4n) is 2.78. The lowest BCUT2D eigenvalue weighted by Gasteiger charge is -2.33. The van der Waals surface area contributed by atoms with E-state index in [1.54, 1.807) is 5.56 Å². The van der Waals surface area contributed by atoms with Crippen LogP contribution in [0.4, 0.5) is 0 Å². The Hall–Kier alpha value is -0.860. The minimum Gasteiger partial charge on any atom is -0.315 e. The molecule has 1 atom stereocenters. The first-order valence-corrected chi connectivity index (χ1v) is 5.95. The van der Waals surface area contributed by atoms with Gasteiger partial charge in [0.15, 0.2) is 0 Å². The zero-order chi connectivity index (χ0) is 10.1. The molecule has 2 aliphatic heterocycles. The van der Waals surface area contributed by atoms with Gasteiger partial charge in [-0.1, -0.05) is 24.3 Å². The molecule has 0 unspecified atom stereocenters. The highest BCUT2D eigenvalue weighted by Crippen LogP contribution is 2.21. The Morgan fingerprint density at radius 2 is 2.07 bits per heavy atom. The lowest BCUT2D eigenvalue weighted by atomic mass is 9.98. The van der Waals surface area contributed by atoms with Gasteiger partial charge < -0.3 is 5.32 Å². The summed E-state index contributed by atoms with van der Waals surface area (Å²) in [5.74, 6) is 0. The van der Waals surface area contributed by atoms with Crippen molar-refractivity contribution in [2.75, 3.05) is 19.6 Å². The molecule has 2 heterocycles. The van der Waals surface area contributed by atoms with E-state index in [0.29, 0.717) is 0 Å². The van der Waals surface area contributed by atoms with E-state index in [1.807, 2.05) is 0 Å². The van der Waals surface area contributed by atoms with Crippen LogP contribution in [-0.4, -0.2) is 30.6 Å². The van der Waals surface area contributed by atoms with E-state index in [2.05, 4.69) is 34.5 Å². The van der Waals surface area contributed by atoms with Crippen molar-refractivity contribution in [3.8, 4) is 0 Å². The Kier molecular flexibility index (Phi) is 2.47. The summed E-state index contributed by atoms with van der Waals surface area (Å²) in [6.07, 6.45) is 2.55. The van der Waals surface area contributed by atoms with Gasteiger partial charge in [0.2, 0.25) is 0 Å². The molecule has 0 bridgehead atoms. The Bertz CT molecular complexity index is 342. The maximum absolute atomic E-state index is 3.45. The number of hydrogen-bond acceptors (Lipinski definition) is 2. The molecule has 3 rings (SSSR count). The van der Waals surface area contributed by atoms with Gasteiger partial charge in [-0.2, -0.15) is 0 Å². The van der Waals surface area contributed by atoms with Gasteiger partial charge >= 0.3 is 0 Å². The molecule has 0 saturated carbocycles. The van der Waals surface area contributed by atoms with E-state index in [1.165, 1.54) is 38.0 Å². The van der Waals surface area contributed by atoms with Crippen LogP contribution in [0, 0.1) is 0 Å². The fraction of sp³-hybridized carbons (Fsp3) is 0.538. The third kappa shape index (κ3) is 1.80. The lowest BCUT2D eigenvalue weighted by molar-refractivity contribution is 0.190. The topological polar surface area (TPSA) is 15.3 Å². The van der Waals surface area contributed by atoms with E-state index < -0.39 is 0 Å². The highest BCUT2D eigenvalue weighted by atomic mass is 15.2. The maximum atomic E-state index is 3.45. The van der Waals surface area contributed by atoms with Crippen LogP contribution >= 0.6 is 0 Å². The molecule has 1 aromatic carbocycles. The van der Waals surface area contributed by atoms with E-state index in [4.69, 9.17) is 0 Å². The number of nitrogens with zero attached hydrogens (tertiary/aromatic N) is 1. The first-order valence-electron chi connectivity index (χ1n) is 5.95. The average molecular weight is 202 g/mol. The van der Waals surface area contributed by atoms with Crippen LogP contribution in [0.1, 0.15) is 17.5 Å². The predicted octanol–water partition coefficient (Wildman–Crippen LogP) is 1.41. The molecule has 2 nitrogen and oxygen atoms in total. The van der Waals surface area contributed by atoms with E-state index in [0.717, 1.165) is 12.6 Å². The molecule has 0 radical (unpaired) electrons. The van der Waals surface area contributed by atoms with Crippen molar-refractivity contribution in [3.63, 3.8) is 0 Å². The SMILES string of the molecule is c1ccc2c(c1)CCN([C@@H]1CCNC1)C2. The zero-order valence-corrected chi connectivity index (χ0v) is 9.08. The van der Waals surface area contributed by atoms with Crippen molar-refractivity contribution >= 4 is 0 Å². The summed E-state index contributed by atoms with van der Waals surface area (Å²) in [5.41, 5.74) is 3.09. The average Bonchev–Trinajstić information content (AvgIpc) is 2.82. The van der Waals surface area contributed by atoms with Crippen LogP contribution in [0.2, 0.25) is 0 Å². The highest BCUT2D eigenvalue weighted by molar-refractivity contribution is 5.29. The van der Waals surface area contributed by atoms with Crippen LogP contribution in [0.5, 0.6) is 0 Å².